The van der Waals surface area contributed by atoms with E-state index in [-0.39, 0.29) is 6.42 Å². The van der Waals surface area contributed by atoms with Crippen molar-refractivity contribution in [3.05, 3.63) is 0 Å². The van der Waals surface area contributed by atoms with E-state index in [1.807, 2.05) is 0 Å². The van der Waals surface area contributed by atoms with Crippen molar-refractivity contribution in [3.8, 4) is 0 Å². The molecular weight excluding hydrogens is 189 g/mol. The van der Waals surface area contributed by atoms with E-state index in [2.05, 4.69) is 4.74 Å². The Labute approximate surface area is 72.5 Å². The predicted molar refractivity (Wildman–Crippen MR) is 36.1 cm³/mol. The lowest BCUT2D eigenvalue weighted by molar-refractivity contribution is -0.225. The van der Waals surface area contributed by atoms with Gasteiger partial charge in [0, 0.05) is 0 Å². The van der Waals surface area contributed by atoms with E-state index in [1.54, 1.807) is 0 Å². The van der Waals surface area contributed by atoms with Gasteiger partial charge >= 0.3 is 12.1 Å². The quantitative estimate of drug-likeness (QED) is 0.693. The zero-order valence-corrected chi connectivity index (χ0v) is 6.84. The molecule has 0 bridgehead atoms. The molecule has 1 aliphatic heterocycles. The summed E-state index contributed by atoms with van der Waals surface area (Å²) in [5.41, 5.74) is 0. The standard InChI is InChI=1S/C7H9F3O3/c1-3-2-4(6(11)12)5(13-3)7(8,9)10/h3-5H,2H2,1H3,(H,11,12)/t3-,4-,5-/m0/s1. The molecule has 0 aromatic carbocycles. The number of hydrogen-bond donors (Lipinski definition) is 1. The van der Waals surface area contributed by atoms with Gasteiger partial charge in [-0.05, 0) is 13.3 Å². The van der Waals surface area contributed by atoms with Gasteiger partial charge in [0.05, 0.1) is 12.0 Å². The average Bonchev–Trinajstić information content (AvgIpc) is 2.29. The van der Waals surface area contributed by atoms with E-state index in [0.29, 0.717) is 0 Å². The summed E-state index contributed by atoms with van der Waals surface area (Å²) in [6.07, 6.45) is -7.47. The summed E-state index contributed by atoms with van der Waals surface area (Å²) in [5.74, 6) is -2.92. The van der Waals surface area contributed by atoms with E-state index < -0.39 is 30.3 Å². The first kappa shape index (κ1) is 10.3. The number of halogens is 3. The number of hydrogen-bond acceptors (Lipinski definition) is 2. The molecule has 3 atom stereocenters. The van der Waals surface area contributed by atoms with Crippen LogP contribution >= 0.6 is 0 Å². The van der Waals surface area contributed by atoms with Crippen molar-refractivity contribution in [1.29, 1.82) is 0 Å². The third-order valence-electron chi connectivity index (χ3n) is 1.97. The van der Waals surface area contributed by atoms with Crippen LogP contribution in [-0.2, 0) is 9.53 Å². The zero-order valence-electron chi connectivity index (χ0n) is 6.84. The summed E-state index contributed by atoms with van der Waals surface area (Å²) in [7, 11) is 0. The number of ether oxygens (including phenoxy) is 1. The molecule has 0 saturated carbocycles. The second-order valence-electron chi connectivity index (χ2n) is 3.09. The average molecular weight is 198 g/mol. The first-order chi connectivity index (χ1) is 5.82. The molecule has 1 fully saturated rings. The highest BCUT2D eigenvalue weighted by Gasteiger charge is 2.53. The SMILES string of the molecule is C[C@H]1C[C@H](C(=O)O)[C@@H](C(F)(F)F)O1. The molecule has 13 heavy (non-hydrogen) atoms. The van der Waals surface area contributed by atoms with Crippen molar-refractivity contribution < 1.29 is 27.8 Å². The van der Waals surface area contributed by atoms with E-state index in [9.17, 15) is 18.0 Å². The van der Waals surface area contributed by atoms with Crippen molar-refractivity contribution in [2.75, 3.05) is 0 Å². The van der Waals surface area contributed by atoms with Crippen LogP contribution in [0.2, 0.25) is 0 Å². The highest BCUT2D eigenvalue weighted by molar-refractivity contribution is 5.71. The van der Waals surface area contributed by atoms with Crippen LogP contribution in [0.25, 0.3) is 0 Å². The minimum Gasteiger partial charge on any atom is -0.481 e. The number of rotatable bonds is 1. The zero-order chi connectivity index (χ0) is 10.2. The summed E-state index contributed by atoms with van der Waals surface area (Å²) in [5, 5.41) is 8.48. The van der Waals surface area contributed by atoms with Gasteiger partial charge in [0.15, 0.2) is 6.10 Å². The number of carbonyl (C=O) groups is 1. The van der Waals surface area contributed by atoms with Gasteiger partial charge < -0.3 is 9.84 Å². The Morgan fingerprint density at radius 3 is 2.38 bits per heavy atom. The number of carboxylic acid groups (broad SMARTS) is 1. The molecule has 0 aliphatic carbocycles. The third kappa shape index (κ3) is 2.12. The van der Waals surface area contributed by atoms with Crippen LogP contribution in [0.1, 0.15) is 13.3 Å². The maximum absolute atomic E-state index is 12.2. The highest BCUT2D eigenvalue weighted by atomic mass is 19.4. The van der Waals surface area contributed by atoms with Gasteiger partial charge in [-0.3, -0.25) is 4.79 Å². The Hall–Kier alpha value is -0.780. The van der Waals surface area contributed by atoms with E-state index >= 15 is 0 Å². The number of aliphatic carboxylic acids is 1. The molecular formula is C7H9F3O3. The molecule has 1 N–H and O–H groups in total. The fourth-order valence-electron chi connectivity index (χ4n) is 1.42. The van der Waals surface area contributed by atoms with Crippen molar-refractivity contribution >= 4 is 5.97 Å². The monoisotopic (exact) mass is 198 g/mol. The molecule has 1 saturated heterocycles. The van der Waals surface area contributed by atoms with Crippen molar-refractivity contribution in [1.82, 2.24) is 0 Å². The number of carboxylic acids is 1. The molecule has 0 spiro atoms. The summed E-state index contributed by atoms with van der Waals surface area (Å²) in [6, 6.07) is 0. The van der Waals surface area contributed by atoms with Crippen molar-refractivity contribution in [2.24, 2.45) is 5.92 Å². The molecule has 0 aromatic rings. The van der Waals surface area contributed by atoms with Gasteiger partial charge in [0.25, 0.3) is 0 Å². The smallest absolute Gasteiger partial charge is 0.415 e. The third-order valence-corrected chi connectivity index (χ3v) is 1.97. The Bertz CT molecular complexity index is 214. The molecule has 0 aromatic heterocycles. The maximum atomic E-state index is 12.2. The Morgan fingerprint density at radius 2 is 2.08 bits per heavy atom. The van der Waals surface area contributed by atoms with Crippen LogP contribution in [0.5, 0.6) is 0 Å². The van der Waals surface area contributed by atoms with Crippen LogP contribution < -0.4 is 0 Å². The van der Waals surface area contributed by atoms with Crippen LogP contribution in [0.4, 0.5) is 13.2 Å². The van der Waals surface area contributed by atoms with Crippen LogP contribution in [0.3, 0.4) is 0 Å². The van der Waals surface area contributed by atoms with E-state index in [1.165, 1.54) is 6.92 Å². The van der Waals surface area contributed by atoms with Crippen molar-refractivity contribution in [2.45, 2.75) is 31.7 Å². The van der Waals surface area contributed by atoms with Crippen LogP contribution in [0.15, 0.2) is 0 Å². The minimum absolute atomic E-state index is 0.0838. The summed E-state index contributed by atoms with van der Waals surface area (Å²) in [6.45, 7) is 1.43. The molecule has 1 rings (SSSR count). The van der Waals surface area contributed by atoms with Gasteiger partial charge in [-0.2, -0.15) is 13.2 Å². The Balaban J connectivity index is 2.78. The lowest BCUT2D eigenvalue weighted by Crippen LogP contribution is -2.37. The first-order valence-electron chi connectivity index (χ1n) is 3.77. The van der Waals surface area contributed by atoms with Crippen LogP contribution in [0, 0.1) is 5.92 Å². The number of alkyl halides is 3. The molecule has 6 heteroatoms. The van der Waals surface area contributed by atoms with Gasteiger partial charge in [-0.1, -0.05) is 0 Å². The van der Waals surface area contributed by atoms with Gasteiger partial charge in [0.2, 0.25) is 0 Å². The molecule has 0 unspecified atom stereocenters. The molecule has 3 nitrogen and oxygen atoms in total. The second-order valence-corrected chi connectivity index (χ2v) is 3.09. The lowest BCUT2D eigenvalue weighted by atomic mass is 10.00. The molecule has 76 valence electrons. The largest absolute Gasteiger partial charge is 0.481 e. The maximum Gasteiger partial charge on any atom is 0.415 e. The van der Waals surface area contributed by atoms with Crippen molar-refractivity contribution in [3.63, 3.8) is 0 Å². The fourth-order valence-corrected chi connectivity index (χ4v) is 1.42. The predicted octanol–water partition coefficient (Wildman–Crippen LogP) is 1.43. The highest BCUT2D eigenvalue weighted by Crippen LogP contribution is 2.37. The summed E-state index contributed by atoms with van der Waals surface area (Å²) in [4.78, 5) is 10.4. The van der Waals surface area contributed by atoms with E-state index in [4.69, 9.17) is 5.11 Å². The Morgan fingerprint density at radius 1 is 1.54 bits per heavy atom. The summed E-state index contributed by atoms with van der Waals surface area (Å²) >= 11 is 0. The summed E-state index contributed by atoms with van der Waals surface area (Å²) < 4.78 is 41.0. The molecule has 1 heterocycles. The second kappa shape index (κ2) is 3.17. The Kier molecular flexibility index (Phi) is 2.51. The lowest BCUT2D eigenvalue weighted by Gasteiger charge is -2.18. The fraction of sp³-hybridized carbons (Fsp3) is 0.857. The van der Waals surface area contributed by atoms with Crippen LogP contribution in [-0.4, -0.2) is 29.5 Å². The normalized spacial score (nSPS) is 34.9. The molecule has 1 aliphatic rings. The minimum atomic E-state index is -4.59. The van der Waals surface area contributed by atoms with Gasteiger partial charge in [-0.25, -0.2) is 0 Å². The molecule has 0 radical (unpaired) electrons. The molecule has 0 amide bonds. The van der Waals surface area contributed by atoms with Gasteiger partial charge in [0.1, 0.15) is 0 Å². The van der Waals surface area contributed by atoms with Gasteiger partial charge in [-0.15, -0.1) is 0 Å². The topological polar surface area (TPSA) is 46.5 Å². The first-order valence-corrected chi connectivity index (χ1v) is 3.77. The van der Waals surface area contributed by atoms with E-state index in [0.717, 1.165) is 0 Å².